The molecule has 0 spiro atoms. The fourth-order valence-corrected chi connectivity index (χ4v) is 4.76. The molecule has 3 N–H and O–H groups in total. The van der Waals surface area contributed by atoms with Crippen molar-refractivity contribution >= 4 is 22.7 Å². The van der Waals surface area contributed by atoms with E-state index >= 15 is 0 Å². The lowest BCUT2D eigenvalue weighted by Gasteiger charge is -2.18. The van der Waals surface area contributed by atoms with Crippen molar-refractivity contribution in [2.75, 3.05) is 19.6 Å². The largest absolute Gasteiger partial charge is 0.488 e. The molecule has 234 valence electrons. The van der Waals surface area contributed by atoms with Gasteiger partial charge in [-0.05, 0) is 63.3 Å². The molecule has 1 saturated heterocycles. The van der Waals surface area contributed by atoms with Crippen LogP contribution in [0.15, 0.2) is 28.7 Å². The summed E-state index contributed by atoms with van der Waals surface area (Å²) < 4.78 is 90.2. The molecule has 43 heavy (non-hydrogen) atoms. The molecule has 9 nitrogen and oxygen atoms in total. The summed E-state index contributed by atoms with van der Waals surface area (Å²) in [6, 6.07) is 4.28. The van der Waals surface area contributed by atoms with Crippen molar-refractivity contribution in [3.05, 3.63) is 41.4 Å². The average Bonchev–Trinajstić information content (AvgIpc) is 3.59. The summed E-state index contributed by atoms with van der Waals surface area (Å²) in [5.74, 6) is -2.67. The summed E-state index contributed by atoms with van der Waals surface area (Å²) in [6.45, 7) is 5.19. The van der Waals surface area contributed by atoms with Gasteiger partial charge in [0.25, 0.3) is 5.91 Å². The van der Waals surface area contributed by atoms with Gasteiger partial charge in [-0.1, -0.05) is 6.92 Å². The molecule has 2 amide bonds. The van der Waals surface area contributed by atoms with Crippen molar-refractivity contribution in [2.45, 2.75) is 64.5 Å². The van der Waals surface area contributed by atoms with Crippen LogP contribution < -0.4 is 15.8 Å². The molecule has 1 aliphatic heterocycles. The summed E-state index contributed by atoms with van der Waals surface area (Å²) in [5.41, 5.74) is 4.97. The molecule has 0 saturated carbocycles. The monoisotopic (exact) mass is 615 g/mol. The Morgan fingerprint density at radius 3 is 2.49 bits per heavy atom. The Balaban J connectivity index is 1.57. The molecule has 1 aromatic carbocycles. The van der Waals surface area contributed by atoms with Gasteiger partial charge in [0.05, 0.1) is 12.1 Å². The molecule has 3 aromatic rings. The molecule has 2 unspecified atom stereocenters. The number of hydrogen-bond donors (Lipinski definition) is 2. The standard InChI is InChI=1S/C28H31F6N5O4/c1-4-14(2)42-19-7-5-18(17-6-8-20(27(29,30)31)37-21(17)19)25-38-22(23(43-25)15(3)35)24(40)36-11-9-16-10-12-39(13-16)26(41)28(32,33)34/h5-8,14-16H,4,9-13,35H2,1-3H3,(H,36,40)/t14?,15-,16?/m0/s1. The molecule has 2 aromatic heterocycles. The van der Waals surface area contributed by atoms with Gasteiger partial charge in [-0.15, -0.1) is 0 Å². The zero-order chi connectivity index (χ0) is 31.7. The van der Waals surface area contributed by atoms with Crippen molar-refractivity contribution in [1.82, 2.24) is 20.2 Å². The van der Waals surface area contributed by atoms with Crippen LogP contribution in [0.2, 0.25) is 0 Å². The highest BCUT2D eigenvalue weighted by Crippen LogP contribution is 2.38. The molecule has 1 fully saturated rings. The number of carbonyl (C=O) groups excluding carboxylic acids is 2. The van der Waals surface area contributed by atoms with Crippen LogP contribution in [0.5, 0.6) is 5.75 Å². The van der Waals surface area contributed by atoms with Crippen molar-refractivity contribution in [3.8, 4) is 17.2 Å². The van der Waals surface area contributed by atoms with Crippen LogP contribution in [0.4, 0.5) is 26.3 Å². The summed E-state index contributed by atoms with van der Waals surface area (Å²) in [4.78, 5) is 33.4. The van der Waals surface area contributed by atoms with Gasteiger partial charge in [0.2, 0.25) is 5.89 Å². The second-order valence-corrected chi connectivity index (χ2v) is 10.5. The minimum absolute atomic E-state index is 0.0209. The molecule has 3 heterocycles. The minimum atomic E-state index is -4.94. The van der Waals surface area contributed by atoms with E-state index in [9.17, 15) is 35.9 Å². The third-order valence-electron chi connectivity index (χ3n) is 7.18. The van der Waals surface area contributed by atoms with Crippen molar-refractivity contribution in [2.24, 2.45) is 11.7 Å². The van der Waals surface area contributed by atoms with Crippen LogP contribution >= 0.6 is 0 Å². The molecule has 4 rings (SSSR count). The first-order valence-corrected chi connectivity index (χ1v) is 13.7. The lowest BCUT2D eigenvalue weighted by Crippen LogP contribution is -2.39. The maximum atomic E-state index is 13.5. The number of aromatic nitrogens is 2. The van der Waals surface area contributed by atoms with E-state index in [1.165, 1.54) is 12.1 Å². The molecular formula is C28H31F6N5O4. The number of fused-ring (bicyclic) bond motifs is 1. The highest BCUT2D eigenvalue weighted by atomic mass is 19.4. The zero-order valence-corrected chi connectivity index (χ0v) is 23.6. The Labute approximate surface area is 242 Å². The summed E-state index contributed by atoms with van der Waals surface area (Å²) in [5, 5.41) is 2.91. The second-order valence-electron chi connectivity index (χ2n) is 10.5. The van der Waals surface area contributed by atoms with E-state index in [0.717, 1.165) is 11.0 Å². The number of benzene rings is 1. The van der Waals surface area contributed by atoms with Crippen molar-refractivity contribution in [3.63, 3.8) is 0 Å². The Morgan fingerprint density at radius 2 is 1.86 bits per heavy atom. The molecule has 0 radical (unpaired) electrons. The fraction of sp³-hybridized carbons (Fsp3) is 0.500. The Kier molecular flexibility index (Phi) is 9.23. The van der Waals surface area contributed by atoms with Gasteiger partial charge in [0.1, 0.15) is 17.0 Å². The normalized spacial score (nSPS) is 17.3. The first-order valence-electron chi connectivity index (χ1n) is 13.7. The Bertz CT molecular complexity index is 1490. The number of ether oxygens (including phenoxy) is 1. The van der Waals surface area contributed by atoms with E-state index < -0.39 is 35.9 Å². The van der Waals surface area contributed by atoms with Crippen LogP contribution in [0.25, 0.3) is 22.4 Å². The van der Waals surface area contributed by atoms with Crippen LogP contribution in [0, 0.1) is 5.92 Å². The number of nitrogens with one attached hydrogen (secondary N) is 1. The lowest BCUT2D eigenvalue weighted by atomic mass is 10.1. The first-order chi connectivity index (χ1) is 20.1. The number of rotatable bonds is 9. The SMILES string of the molecule is CCC(C)Oc1ccc(-c2nc(C(=O)NCCC3CCN(C(=O)C(F)(F)F)C3)c([C@H](C)N)o2)c2ccc(C(F)(F)F)nc12. The maximum absolute atomic E-state index is 13.5. The van der Waals surface area contributed by atoms with E-state index in [-0.39, 0.29) is 71.2 Å². The predicted octanol–water partition coefficient (Wildman–Crippen LogP) is 5.64. The highest BCUT2D eigenvalue weighted by Gasteiger charge is 2.44. The summed E-state index contributed by atoms with van der Waals surface area (Å²) >= 11 is 0. The molecule has 0 aliphatic carbocycles. The topological polar surface area (TPSA) is 124 Å². The van der Waals surface area contributed by atoms with E-state index in [1.807, 2.05) is 6.92 Å². The van der Waals surface area contributed by atoms with Crippen molar-refractivity contribution < 1.29 is 45.1 Å². The summed E-state index contributed by atoms with van der Waals surface area (Å²) in [6.07, 6.45) is -8.65. The van der Waals surface area contributed by atoms with Crippen LogP contribution in [-0.2, 0) is 11.0 Å². The van der Waals surface area contributed by atoms with E-state index in [4.69, 9.17) is 14.9 Å². The number of likely N-dealkylation sites (tertiary alicyclic amines) is 1. The Morgan fingerprint density at radius 1 is 1.14 bits per heavy atom. The number of amides is 2. The van der Waals surface area contributed by atoms with Gasteiger partial charge in [0, 0.05) is 30.6 Å². The number of halogens is 6. The maximum Gasteiger partial charge on any atom is 0.471 e. The number of nitrogens with zero attached hydrogens (tertiary/aromatic N) is 3. The zero-order valence-electron chi connectivity index (χ0n) is 23.6. The number of hydrogen-bond acceptors (Lipinski definition) is 7. The van der Waals surface area contributed by atoms with Crippen molar-refractivity contribution in [1.29, 1.82) is 0 Å². The average molecular weight is 616 g/mol. The third-order valence-corrected chi connectivity index (χ3v) is 7.18. The molecule has 3 atom stereocenters. The quantitative estimate of drug-likeness (QED) is 0.299. The van der Waals surface area contributed by atoms with Gasteiger partial charge in [-0.25, -0.2) is 9.97 Å². The smallest absolute Gasteiger partial charge is 0.471 e. The number of pyridine rings is 1. The van der Waals surface area contributed by atoms with Gasteiger partial charge < -0.3 is 25.1 Å². The number of nitrogens with two attached hydrogens (primary N) is 1. The number of alkyl halides is 6. The fourth-order valence-electron chi connectivity index (χ4n) is 4.76. The third kappa shape index (κ3) is 7.20. The lowest BCUT2D eigenvalue weighted by molar-refractivity contribution is -0.184. The molecular weight excluding hydrogens is 584 g/mol. The van der Waals surface area contributed by atoms with Gasteiger partial charge in [0.15, 0.2) is 11.5 Å². The highest BCUT2D eigenvalue weighted by molar-refractivity contribution is 5.98. The van der Waals surface area contributed by atoms with Crippen LogP contribution in [-0.4, -0.2) is 58.6 Å². The minimum Gasteiger partial charge on any atom is -0.488 e. The van der Waals surface area contributed by atoms with Gasteiger partial charge >= 0.3 is 18.3 Å². The van der Waals surface area contributed by atoms with E-state index in [0.29, 0.717) is 19.3 Å². The van der Waals surface area contributed by atoms with Gasteiger partial charge in [-0.3, -0.25) is 9.59 Å². The predicted molar refractivity (Wildman–Crippen MR) is 143 cm³/mol. The number of oxazole rings is 1. The Hall–Kier alpha value is -3.88. The summed E-state index contributed by atoms with van der Waals surface area (Å²) in [7, 11) is 0. The molecule has 15 heteroatoms. The number of carbonyl (C=O) groups is 2. The van der Waals surface area contributed by atoms with Crippen LogP contribution in [0.3, 0.4) is 0 Å². The second kappa shape index (κ2) is 12.4. The molecule has 0 bridgehead atoms. The van der Waals surface area contributed by atoms with E-state index in [2.05, 4.69) is 15.3 Å². The van der Waals surface area contributed by atoms with Crippen LogP contribution in [0.1, 0.15) is 68.0 Å². The van der Waals surface area contributed by atoms with Gasteiger partial charge in [-0.2, -0.15) is 26.3 Å². The first kappa shape index (κ1) is 32.0. The van der Waals surface area contributed by atoms with E-state index in [1.54, 1.807) is 19.9 Å². The molecule has 1 aliphatic rings.